The maximum atomic E-state index is 6.21. The lowest BCUT2D eigenvalue weighted by Gasteiger charge is -2.04. The molecule has 4 aromatic rings. The van der Waals surface area contributed by atoms with Gasteiger partial charge in [-0.3, -0.25) is 0 Å². The molecule has 0 atom stereocenters. The third-order valence-electron chi connectivity index (χ3n) is 4.19. The van der Waals surface area contributed by atoms with Crippen molar-refractivity contribution < 1.29 is 4.42 Å². The zero-order chi connectivity index (χ0) is 15.6. The number of hydrogen-bond acceptors (Lipinski definition) is 1. The molecule has 0 fully saturated rings. The van der Waals surface area contributed by atoms with Crippen LogP contribution in [0.5, 0.6) is 0 Å². The fourth-order valence-electron chi connectivity index (χ4n) is 3.09. The minimum Gasteiger partial charge on any atom is -0.460 e. The van der Waals surface area contributed by atoms with E-state index in [-0.39, 0.29) is 0 Å². The predicted molar refractivity (Wildman–Crippen MR) is 95.6 cm³/mol. The van der Waals surface area contributed by atoms with Crippen LogP contribution in [0.2, 0.25) is 0 Å². The highest BCUT2D eigenvalue weighted by Gasteiger charge is 2.16. The van der Waals surface area contributed by atoms with E-state index in [2.05, 4.69) is 73.7 Å². The van der Waals surface area contributed by atoms with Gasteiger partial charge in [0.1, 0.15) is 11.3 Å². The van der Waals surface area contributed by atoms with Crippen molar-refractivity contribution in [2.45, 2.75) is 13.3 Å². The first-order valence-electron chi connectivity index (χ1n) is 7.92. The molecule has 0 spiro atoms. The topological polar surface area (TPSA) is 13.1 Å². The van der Waals surface area contributed by atoms with E-state index in [9.17, 15) is 0 Å². The Bertz CT molecular complexity index is 934. The molecule has 0 saturated carbocycles. The van der Waals surface area contributed by atoms with Crippen LogP contribution >= 0.6 is 0 Å². The molecule has 1 heteroatoms. The second-order valence-electron chi connectivity index (χ2n) is 5.93. The van der Waals surface area contributed by atoms with Crippen LogP contribution in [-0.4, -0.2) is 0 Å². The molecule has 3 aromatic carbocycles. The zero-order valence-electron chi connectivity index (χ0n) is 13.1. The van der Waals surface area contributed by atoms with Crippen LogP contribution in [0.3, 0.4) is 0 Å². The van der Waals surface area contributed by atoms with E-state index in [1.54, 1.807) is 0 Å². The van der Waals surface area contributed by atoms with Crippen LogP contribution in [0.25, 0.3) is 22.1 Å². The Balaban J connectivity index is 1.92. The van der Waals surface area contributed by atoms with E-state index in [0.29, 0.717) is 0 Å². The Morgan fingerprint density at radius 2 is 1.48 bits per heavy atom. The lowest BCUT2D eigenvalue weighted by atomic mass is 9.98. The van der Waals surface area contributed by atoms with Gasteiger partial charge in [0.2, 0.25) is 0 Å². The van der Waals surface area contributed by atoms with Crippen molar-refractivity contribution in [1.82, 2.24) is 0 Å². The summed E-state index contributed by atoms with van der Waals surface area (Å²) in [5.41, 5.74) is 5.90. The van der Waals surface area contributed by atoms with Crippen molar-refractivity contribution in [2.75, 3.05) is 0 Å². The van der Waals surface area contributed by atoms with Crippen molar-refractivity contribution in [2.24, 2.45) is 0 Å². The summed E-state index contributed by atoms with van der Waals surface area (Å²) in [6.45, 7) is 2.12. The molecular weight excluding hydrogens is 280 g/mol. The summed E-state index contributed by atoms with van der Waals surface area (Å²) in [6, 6.07) is 27.4. The van der Waals surface area contributed by atoms with Crippen molar-refractivity contribution in [3.63, 3.8) is 0 Å². The maximum absolute atomic E-state index is 6.21. The number of fused-ring (bicyclic) bond motifs is 1. The highest BCUT2D eigenvalue weighted by molar-refractivity contribution is 5.96. The average Bonchev–Trinajstić information content (AvgIpc) is 2.93. The highest BCUT2D eigenvalue weighted by atomic mass is 16.3. The Kier molecular flexibility index (Phi) is 3.47. The largest absolute Gasteiger partial charge is 0.460 e. The van der Waals surface area contributed by atoms with Gasteiger partial charge in [-0.2, -0.15) is 0 Å². The maximum Gasteiger partial charge on any atom is 0.134 e. The SMILES string of the molecule is Cc1ccc2oc(Cc3ccccc3)c(-c3ccccc3)c2c1. The molecular formula is C22H18O. The highest BCUT2D eigenvalue weighted by Crippen LogP contribution is 2.36. The van der Waals surface area contributed by atoms with Crippen molar-refractivity contribution in [1.29, 1.82) is 0 Å². The molecule has 0 aliphatic heterocycles. The molecule has 23 heavy (non-hydrogen) atoms. The number of furan rings is 1. The molecule has 0 aliphatic rings. The van der Waals surface area contributed by atoms with Crippen LogP contribution < -0.4 is 0 Å². The van der Waals surface area contributed by atoms with Crippen LogP contribution in [0.15, 0.2) is 83.3 Å². The van der Waals surface area contributed by atoms with Crippen LogP contribution in [0.1, 0.15) is 16.9 Å². The molecule has 0 bridgehead atoms. The van der Waals surface area contributed by atoms with Gasteiger partial charge in [-0.25, -0.2) is 0 Å². The monoisotopic (exact) mass is 298 g/mol. The zero-order valence-corrected chi connectivity index (χ0v) is 13.1. The molecule has 1 heterocycles. The van der Waals surface area contributed by atoms with E-state index in [4.69, 9.17) is 4.42 Å². The summed E-state index contributed by atoms with van der Waals surface area (Å²) in [5.74, 6) is 1.03. The lowest BCUT2D eigenvalue weighted by molar-refractivity contribution is 0.564. The predicted octanol–water partition coefficient (Wildman–Crippen LogP) is 6.00. The fraction of sp³-hybridized carbons (Fsp3) is 0.0909. The number of benzene rings is 3. The minimum absolute atomic E-state index is 0.804. The summed E-state index contributed by atoms with van der Waals surface area (Å²) in [7, 11) is 0. The standard InChI is InChI=1S/C22H18O/c1-16-12-13-20-19(14-16)22(18-10-6-3-7-11-18)21(23-20)15-17-8-4-2-5-9-17/h2-14H,15H2,1H3. The van der Waals surface area contributed by atoms with E-state index in [0.717, 1.165) is 17.8 Å². The molecule has 0 unspecified atom stereocenters. The van der Waals surface area contributed by atoms with Crippen LogP contribution in [-0.2, 0) is 6.42 Å². The van der Waals surface area contributed by atoms with Gasteiger partial charge in [-0.15, -0.1) is 0 Å². The summed E-state index contributed by atoms with van der Waals surface area (Å²) in [4.78, 5) is 0. The molecule has 0 radical (unpaired) electrons. The molecule has 4 rings (SSSR count). The molecule has 0 amide bonds. The third-order valence-corrected chi connectivity index (χ3v) is 4.19. The van der Waals surface area contributed by atoms with Gasteiger partial charge in [0, 0.05) is 17.4 Å². The fourth-order valence-corrected chi connectivity index (χ4v) is 3.09. The molecule has 1 nitrogen and oxygen atoms in total. The Morgan fingerprint density at radius 1 is 0.783 bits per heavy atom. The second kappa shape index (κ2) is 5.77. The first-order chi connectivity index (χ1) is 11.3. The van der Waals surface area contributed by atoms with E-state index >= 15 is 0 Å². The first kappa shape index (κ1) is 13.8. The third kappa shape index (κ3) is 2.66. The summed E-state index contributed by atoms with van der Waals surface area (Å²) in [5, 5.41) is 1.20. The van der Waals surface area contributed by atoms with Crippen LogP contribution in [0, 0.1) is 6.92 Å². The van der Waals surface area contributed by atoms with E-state index in [1.165, 1.54) is 27.6 Å². The van der Waals surface area contributed by atoms with Crippen molar-refractivity contribution >= 4 is 11.0 Å². The van der Waals surface area contributed by atoms with Gasteiger partial charge in [0.15, 0.2) is 0 Å². The molecule has 1 aromatic heterocycles. The smallest absolute Gasteiger partial charge is 0.134 e. The first-order valence-corrected chi connectivity index (χ1v) is 7.92. The Morgan fingerprint density at radius 3 is 2.22 bits per heavy atom. The number of hydrogen-bond donors (Lipinski definition) is 0. The number of rotatable bonds is 3. The Labute approximate surface area is 136 Å². The summed E-state index contributed by atoms with van der Waals surface area (Å²) >= 11 is 0. The van der Waals surface area contributed by atoms with E-state index < -0.39 is 0 Å². The van der Waals surface area contributed by atoms with Gasteiger partial charge < -0.3 is 4.42 Å². The van der Waals surface area contributed by atoms with Crippen LogP contribution in [0.4, 0.5) is 0 Å². The summed E-state index contributed by atoms with van der Waals surface area (Å²) < 4.78 is 6.21. The van der Waals surface area contributed by atoms with Gasteiger partial charge in [-0.05, 0) is 30.2 Å². The van der Waals surface area contributed by atoms with Gasteiger partial charge in [0.25, 0.3) is 0 Å². The molecule has 0 saturated heterocycles. The minimum atomic E-state index is 0.804. The molecule has 0 N–H and O–H groups in total. The molecule has 0 aliphatic carbocycles. The van der Waals surface area contributed by atoms with E-state index in [1.807, 2.05) is 12.1 Å². The quantitative estimate of drug-likeness (QED) is 0.452. The normalized spacial score (nSPS) is 11.0. The van der Waals surface area contributed by atoms with Crippen molar-refractivity contribution in [3.8, 4) is 11.1 Å². The van der Waals surface area contributed by atoms with Crippen molar-refractivity contribution in [3.05, 3.63) is 95.7 Å². The van der Waals surface area contributed by atoms with Gasteiger partial charge >= 0.3 is 0 Å². The Hall–Kier alpha value is -2.80. The van der Waals surface area contributed by atoms with Gasteiger partial charge in [0.05, 0.1) is 0 Å². The molecule has 112 valence electrons. The number of aryl methyl sites for hydroxylation is 1. The lowest BCUT2D eigenvalue weighted by Crippen LogP contribution is -1.88. The summed E-state index contributed by atoms with van der Waals surface area (Å²) in [6.07, 6.45) is 0.804. The van der Waals surface area contributed by atoms with Gasteiger partial charge in [-0.1, -0.05) is 72.3 Å². The average molecular weight is 298 g/mol. The second-order valence-corrected chi connectivity index (χ2v) is 5.93.